The van der Waals surface area contributed by atoms with E-state index in [9.17, 15) is 9.18 Å². The van der Waals surface area contributed by atoms with Crippen LogP contribution in [0.1, 0.15) is 34.3 Å². The highest BCUT2D eigenvalue weighted by molar-refractivity contribution is 7.98. The second-order valence-electron chi connectivity index (χ2n) is 7.65. The number of fused-ring (bicyclic) bond motifs is 1. The van der Waals surface area contributed by atoms with Gasteiger partial charge in [0.2, 0.25) is 0 Å². The quantitative estimate of drug-likeness (QED) is 0.426. The molecule has 0 bridgehead atoms. The highest BCUT2D eigenvalue weighted by Gasteiger charge is 2.23. The first-order chi connectivity index (χ1) is 15.2. The van der Waals surface area contributed by atoms with Gasteiger partial charge in [0.15, 0.2) is 10.8 Å². The van der Waals surface area contributed by atoms with Gasteiger partial charge in [-0.25, -0.2) is 14.4 Å². The number of rotatable bonds is 7. The third-order valence-corrected chi connectivity index (χ3v) is 6.30. The summed E-state index contributed by atoms with van der Waals surface area (Å²) in [6.07, 6.45) is 3.87. The van der Waals surface area contributed by atoms with Gasteiger partial charge in [0.05, 0.1) is 6.54 Å². The molecule has 0 aliphatic heterocycles. The number of imidazole rings is 1. The zero-order chi connectivity index (χ0) is 21.2. The second kappa shape index (κ2) is 8.51. The van der Waals surface area contributed by atoms with Gasteiger partial charge in [-0.15, -0.1) is 0 Å². The Morgan fingerprint density at radius 1 is 1.10 bits per heavy atom. The summed E-state index contributed by atoms with van der Waals surface area (Å²) in [6.45, 7) is 0.364. The Balaban J connectivity index is 1.35. The maximum Gasteiger partial charge on any atom is 0.251 e. The Morgan fingerprint density at radius 2 is 1.90 bits per heavy atom. The van der Waals surface area contributed by atoms with Gasteiger partial charge in [-0.2, -0.15) is 0 Å². The van der Waals surface area contributed by atoms with E-state index in [1.807, 2.05) is 47.0 Å². The van der Waals surface area contributed by atoms with E-state index in [0.29, 0.717) is 29.5 Å². The zero-order valence-electron chi connectivity index (χ0n) is 16.8. The Hall–Kier alpha value is -3.19. The molecule has 0 unspecified atom stereocenters. The molecule has 2 aromatic heterocycles. The van der Waals surface area contributed by atoms with Crippen molar-refractivity contribution in [1.29, 1.82) is 0 Å². The Bertz CT molecular complexity index is 1230. The van der Waals surface area contributed by atoms with Gasteiger partial charge < -0.3 is 5.32 Å². The molecule has 7 heteroatoms. The van der Waals surface area contributed by atoms with Gasteiger partial charge >= 0.3 is 0 Å². The summed E-state index contributed by atoms with van der Waals surface area (Å²) in [7, 11) is 0. The maximum absolute atomic E-state index is 14.3. The van der Waals surface area contributed by atoms with E-state index < -0.39 is 0 Å². The Labute approximate surface area is 183 Å². The molecule has 31 heavy (non-hydrogen) atoms. The monoisotopic (exact) mass is 432 g/mol. The summed E-state index contributed by atoms with van der Waals surface area (Å²) in [5.41, 5.74) is 3.89. The van der Waals surface area contributed by atoms with Crippen LogP contribution in [0, 0.1) is 5.82 Å². The van der Waals surface area contributed by atoms with Crippen LogP contribution >= 0.6 is 11.8 Å². The Morgan fingerprint density at radius 3 is 2.68 bits per heavy atom. The van der Waals surface area contributed by atoms with Crippen LogP contribution < -0.4 is 5.32 Å². The van der Waals surface area contributed by atoms with Gasteiger partial charge in [0.25, 0.3) is 5.91 Å². The first kappa shape index (κ1) is 19.8. The molecule has 0 atom stereocenters. The molecule has 1 N–H and O–H groups in total. The van der Waals surface area contributed by atoms with Crippen LogP contribution in [0.2, 0.25) is 0 Å². The van der Waals surface area contributed by atoms with Crippen molar-refractivity contribution in [2.24, 2.45) is 0 Å². The average molecular weight is 433 g/mol. The van der Waals surface area contributed by atoms with Crippen molar-refractivity contribution < 1.29 is 9.18 Å². The second-order valence-corrected chi connectivity index (χ2v) is 8.59. The summed E-state index contributed by atoms with van der Waals surface area (Å²) >= 11 is 1.57. The van der Waals surface area contributed by atoms with E-state index >= 15 is 0 Å². The molecule has 5 rings (SSSR count). The van der Waals surface area contributed by atoms with Gasteiger partial charge in [-0.1, -0.05) is 42.1 Å². The van der Waals surface area contributed by atoms with E-state index in [0.717, 1.165) is 34.7 Å². The van der Waals surface area contributed by atoms with Crippen LogP contribution in [0.5, 0.6) is 0 Å². The lowest BCUT2D eigenvalue weighted by Gasteiger charge is -2.10. The minimum Gasteiger partial charge on any atom is -0.349 e. The van der Waals surface area contributed by atoms with Crippen molar-refractivity contribution in [2.75, 3.05) is 0 Å². The third kappa shape index (κ3) is 4.46. The molecule has 0 radical (unpaired) electrons. The van der Waals surface area contributed by atoms with Gasteiger partial charge in [0.1, 0.15) is 11.3 Å². The molecule has 0 spiro atoms. The van der Waals surface area contributed by atoms with Crippen LogP contribution in [0.3, 0.4) is 0 Å². The van der Waals surface area contributed by atoms with Gasteiger partial charge in [0, 0.05) is 29.1 Å². The molecule has 4 aromatic rings. The third-order valence-electron chi connectivity index (χ3n) is 5.25. The van der Waals surface area contributed by atoms with Gasteiger partial charge in [-0.05, 0) is 48.7 Å². The number of aromatic nitrogens is 3. The topological polar surface area (TPSA) is 59.8 Å². The number of hydrogen-bond acceptors (Lipinski definition) is 4. The van der Waals surface area contributed by atoms with E-state index in [-0.39, 0.29) is 11.7 Å². The first-order valence-electron chi connectivity index (χ1n) is 10.2. The number of carbonyl (C=O) groups excluding carboxylic acids is 1. The first-order valence-corrected chi connectivity index (χ1v) is 11.2. The van der Waals surface area contributed by atoms with Crippen molar-refractivity contribution in [3.05, 3.63) is 89.4 Å². The lowest BCUT2D eigenvalue weighted by atomic mass is 10.1. The SMILES string of the molecule is O=C(NC1CC1)c1ccc(CSc2nc3cccnc3n2Cc2ccccc2F)cc1. The lowest BCUT2D eigenvalue weighted by molar-refractivity contribution is 0.0951. The summed E-state index contributed by atoms with van der Waals surface area (Å²) in [4.78, 5) is 21.3. The zero-order valence-corrected chi connectivity index (χ0v) is 17.6. The van der Waals surface area contributed by atoms with Gasteiger partial charge in [-0.3, -0.25) is 9.36 Å². The van der Waals surface area contributed by atoms with E-state index in [1.54, 1.807) is 30.1 Å². The van der Waals surface area contributed by atoms with E-state index in [1.165, 1.54) is 6.07 Å². The molecule has 1 amide bonds. The minimum absolute atomic E-state index is 0.0144. The number of hydrogen-bond donors (Lipinski definition) is 1. The van der Waals surface area contributed by atoms with Crippen molar-refractivity contribution in [3.8, 4) is 0 Å². The van der Waals surface area contributed by atoms with Crippen molar-refractivity contribution in [2.45, 2.75) is 36.3 Å². The number of benzene rings is 2. The van der Waals surface area contributed by atoms with Crippen LogP contribution in [0.25, 0.3) is 11.2 Å². The molecule has 1 aliphatic rings. The number of nitrogens with zero attached hydrogens (tertiary/aromatic N) is 3. The summed E-state index contributed by atoms with van der Waals surface area (Å²) in [5.74, 6) is 0.432. The molecule has 5 nitrogen and oxygen atoms in total. The molecule has 156 valence electrons. The smallest absolute Gasteiger partial charge is 0.251 e. The number of carbonyl (C=O) groups is 1. The number of amides is 1. The molecule has 1 saturated carbocycles. The largest absolute Gasteiger partial charge is 0.349 e. The van der Waals surface area contributed by atoms with Crippen molar-refractivity contribution in [1.82, 2.24) is 19.9 Å². The van der Waals surface area contributed by atoms with Crippen LogP contribution in [-0.2, 0) is 12.3 Å². The molecular weight excluding hydrogens is 411 g/mol. The van der Waals surface area contributed by atoms with E-state index in [4.69, 9.17) is 4.98 Å². The molecule has 2 heterocycles. The maximum atomic E-state index is 14.3. The molecule has 0 saturated heterocycles. The standard InChI is InChI=1S/C24H21FN4OS/c25-20-5-2-1-4-18(20)14-29-22-21(6-3-13-26-22)28-24(29)31-15-16-7-9-17(10-8-16)23(30)27-19-11-12-19/h1-10,13,19H,11-12,14-15H2,(H,27,30). The number of thioether (sulfide) groups is 1. The predicted octanol–water partition coefficient (Wildman–Crippen LogP) is 4.80. The number of pyridine rings is 1. The van der Waals surface area contributed by atoms with Crippen LogP contribution in [0.4, 0.5) is 4.39 Å². The molecular formula is C24H21FN4OS. The summed E-state index contributed by atoms with van der Waals surface area (Å²) in [5, 5.41) is 3.79. The van der Waals surface area contributed by atoms with Crippen LogP contribution in [-0.4, -0.2) is 26.5 Å². The number of nitrogens with one attached hydrogen (secondary N) is 1. The minimum atomic E-state index is -0.240. The van der Waals surface area contributed by atoms with Crippen LogP contribution in [0.15, 0.2) is 72.0 Å². The number of halogens is 1. The molecule has 1 fully saturated rings. The fourth-order valence-electron chi connectivity index (χ4n) is 3.38. The molecule has 2 aromatic carbocycles. The molecule has 1 aliphatic carbocycles. The van der Waals surface area contributed by atoms with Crippen molar-refractivity contribution in [3.63, 3.8) is 0 Å². The predicted molar refractivity (Wildman–Crippen MR) is 120 cm³/mol. The fraction of sp³-hybridized carbons (Fsp3) is 0.208. The van der Waals surface area contributed by atoms with Crippen molar-refractivity contribution >= 4 is 28.8 Å². The summed E-state index contributed by atoms with van der Waals surface area (Å²) in [6, 6.07) is 18.5. The average Bonchev–Trinajstić information content (AvgIpc) is 3.54. The Kier molecular flexibility index (Phi) is 5.42. The van der Waals surface area contributed by atoms with E-state index in [2.05, 4.69) is 10.3 Å². The normalized spacial score (nSPS) is 13.5. The highest BCUT2D eigenvalue weighted by atomic mass is 32.2. The highest BCUT2D eigenvalue weighted by Crippen LogP contribution is 2.27. The fourth-order valence-corrected chi connectivity index (χ4v) is 4.34. The summed E-state index contributed by atoms with van der Waals surface area (Å²) < 4.78 is 16.2. The lowest BCUT2D eigenvalue weighted by Crippen LogP contribution is -2.25.